The first-order valence-electron chi connectivity index (χ1n) is 9.40. The number of hydrogen-bond donors (Lipinski definition) is 2. The van der Waals surface area contributed by atoms with Gasteiger partial charge in [-0.05, 0) is 17.2 Å². The van der Waals surface area contributed by atoms with Crippen LogP contribution in [0.4, 0.5) is 5.69 Å². The van der Waals surface area contributed by atoms with E-state index in [4.69, 9.17) is 10.2 Å². The lowest BCUT2D eigenvalue weighted by Gasteiger charge is -2.36. The number of nitrogens with zero attached hydrogens (tertiary/aromatic N) is 3. The third-order valence-corrected chi connectivity index (χ3v) is 5.31. The lowest BCUT2D eigenvalue weighted by atomic mass is 9.99. The van der Waals surface area contributed by atoms with Crippen molar-refractivity contribution in [1.82, 2.24) is 15.3 Å². The first-order chi connectivity index (χ1) is 13.2. The maximum atomic E-state index is 11.2. The van der Waals surface area contributed by atoms with Crippen LogP contribution < -0.4 is 5.48 Å². The molecule has 6 nitrogen and oxygen atoms in total. The third-order valence-electron chi connectivity index (χ3n) is 5.31. The quantitative estimate of drug-likeness (QED) is 0.647. The molecule has 2 aliphatic heterocycles. The first-order valence-corrected chi connectivity index (χ1v) is 9.40. The molecule has 0 bridgehead atoms. The van der Waals surface area contributed by atoms with Gasteiger partial charge in [0.1, 0.15) is 5.84 Å². The molecular weight excluding hydrogens is 340 g/mol. The first kappa shape index (κ1) is 17.7. The molecule has 0 unspecified atom stereocenters. The van der Waals surface area contributed by atoms with Gasteiger partial charge in [0, 0.05) is 51.1 Å². The molecule has 2 aromatic rings. The Morgan fingerprint density at radius 2 is 1.70 bits per heavy atom. The van der Waals surface area contributed by atoms with E-state index in [1.54, 1.807) is 5.48 Å². The number of nitrogens with one attached hydrogen (secondary N) is 1. The summed E-state index contributed by atoms with van der Waals surface area (Å²) in [6.07, 6.45) is 1.21. The minimum Gasteiger partial charge on any atom is -0.354 e. The van der Waals surface area contributed by atoms with Crippen LogP contribution in [0.3, 0.4) is 0 Å². The standard InChI is InChI=1S/C21H24N4O2/c26-20(23-27)9-10-24-11-13-25(14-12-24)21-18-7-3-1-5-16(18)15-17-6-2-4-8-19(17)22-21/h1-8,27H,9-15H2,(H,23,26). The fourth-order valence-electron chi connectivity index (χ4n) is 3.78. The molecule has 0 aromatic heterocycles. The molecule has 4 rings (SSSR count). The summed E-state index contributed by atoms with van der Waals surface area (Å²) in [5.74, 6) is 0.708. The highest BCUT2D eigenvalue weighted by atomic mass is 16.5. The lowest BCUT2D eigenvalue weighted by molar-refractivity contribution is -0.129. The van der Waals surface area contributed by atoms with E-state index in [2.05, 4.69) is 52.3 Å². The molecule has 0 atom stereocenters. The number of amidine groups is 1. The van der Waals surface area contributed by atoms with Gasteiger partial charge in [-0.25, -0.2) is 10.5 Å². The van der Waals surface area contributed by atoms with Crippen LogP contribution in [-0.4, -0.2) is 59.5 Å². The van der Waals surface area contributed by atoms with E-state index in [-0.39, 0.29) is 5.91 Å². The second-order valence-electron chi connectivity index (χ2n) is 7.01. The van der Waals surface area contributed by atoms with Crippen molar-refractivity contribution in [2.75, 3.05) is 32.7 Å². The monoisotopic (exact) mass is 364 g/mol. The van der Waals surface area contributed by atoms with Gasteiger partial charge in [0.2, 0.25) is 5.91 Å². The Hall–Kier alpha value is -2.70. The predicted octanol–water partition coefficient (Wildman–Crippen LogP) is 2.18. The summed E-state index contributed by atoms with van der Waals surface area (Å²) < 4.78 is 0. The van der Waals surface area contributed by atoms with Gasteiger partial charge in [0.05, 0.1) is 5.69 Å². The van der Waals surface area contributed by atoms with Crippen LogP contribution in [0.25, 0.3) is 0 Å². The largest absolute Gasteiger partial charge is 0.354 e. The van der Waals surface area contributed by atoms with Gasteiger partial charge in [-0.1, -0.05) is 42.5 Å². The number of benzene rings is 2. The summed E-state index contributed by atoms with van der Waals surface area (Å²) in [4.78, 5) is 20.9. The van der Waals surface area contributed by atoms with E-state index >= 15 is 0 Å². The predicted molar refractivity (Wildman–Crippen MR) is 104 cm³/mol. The van der Waals surface area contributed by atoms with Gasteiger partial charge in [-0.15, -0.1) is 0 Å². The van der Waals surface area contributed by atoms with Gasteiger partial charge >= 0.3 is 0 Å². The number of hydroxylamine groups is 1. The molecule has 2 aromatic carbocycles. The Morgan fingerprint density at radius 3 is 2.48 bits per heavy atom. The minimum atomic E-state index is -0.337. The summed E-state index contributed by atoms with van der Waals surface area (Å²) in [7, 11) is 0. The molecule has 2 heterocycles. The number of fused-ring (bicyclic) bond motifs is 2. The molecule has 27 heavy (non-hydrogen) atoms. The highest BCUT2D eigenvalue weighted by Crippen LogP contribution is 2.29. The number of hydrogen-bond acceptors (Lipinski definition) is 5. The van der Waals surface area contributed by atoms with Crippen molar-refractivity contribution in [1.29, 1.82) is 0 Å². The molecular formula is C21H24N4O2. The number of aliphatic imine (C=N–C) groups is 1. The molecule has 2 aliphatic rings. The van der Waals surface area contributed by atoms with E-state index in [0.29, 0.717) is 13.0 Å². The zero-order chi connectivity index (χ0) is 18.6. The van der Waals surface area contributed by atoms with Crippen molar-refractivity contribution in [3.63, 3.8) is 0 Å². The van der Waals surface area contributed by atoms with Crippen LogP contribution in [0, 0.1) is 0 Å². The Bertz CT molecular complexity index is 857. The van der Waals surface area contributed by atoms with Gasteiger partial charge < -0.3 is 4.90 Å². The number of carbonyl (C=O) groups excluding carboxylic acids is 1. The maximum absolute atomic E-state index is 11.2. The number of para-hydroxylation sites is 1. The van der Waals surface area contributed by atoms with Crippen LogP contribution in [-0.2, 0) is 11.2 Å². The summed E-state index contributed by atoms with van der Waals surface area (Å²) in [5, 5.41) is 8.63. The fourth-order valence-corrected chi connectivity index (χ4v) is 3.78. The molecule has 0 spiro atoms. The summed E-state index contributed by atoms with van der Waals surface area (Å²) in [6.45, 7) is 4.15. The Morgan fingerprint density at radius 1 is 1.00 bits per heavy atom. The number of carbonyl (C=O) groups is 1. The molecule has 140 valence electrons. The fraction of sp³-hybridized carbons (Fsp3) is 0.333. The van der Waals surface area contributed by atoms with Crippen LogP contribution in [0.2, 0.25) is 0 Å². The second kappa shape index (κ2) is 7.90. The minimum absolute atomic E-state index is 0.313. The van der Waals surface area contributed by atoms with Crippen LogP contribution in [0.1, 0.15) is 23.1 Å². The van der Waals surface area contributed by atoms with Gasteiger partial charge in [0.25, 0.3) is 0 Å². The molecule has 0 aliphatic carbocycles. The van der Waals surface area contributed by atoms with E-state index in [9.17, 15) is 4.79 Å². The third kappa shape index (κ3) is 3.86. The Kier molecular flexibility index (Phi) is 5.18. The Balaban J connectivity index is 1.54. The summed E-state index contributed by atoms with van der Waals surface area (Å²) in [5.41, 5.74) is 6.52. The van der Waals surface area contributed by atoms with Gasteiger partial charge in [-0.2, -0.15) is 0 Å². The smallest absolute Gasteiger partial charge is 0.244 e. The van der Waals surface area contributed by atoms with E-state index in [0.717, 1.165) is 44.1 Å². The maximum Gasteiger partial charge on any atom is 0.244 e. The molecule has 0 saturated carbocycles. The second-order valence-corrected chi connectivity index (χ2v) is 7.01. The number of piperazine rings is 1. The van der Waals surface area contributed by atoms with Gasteiger partial charge in [0.15, 0.2) is 0 Å². The molecule has 2 N–H and O–H groups in total. The molecule has 0 radical (unpaired) electrons. The molecule has 1 fully saturated rings. The van der Waals surface area contributed by atoms with E-state index < -0.39 is 0 Å². The summed E-state index contributed by atoms with van der Waals surface area (Å²) >= 11 is 0. The van der Waals surface area contributed by atoms with E-state index in [1.165, 1.54) is 16.7 Å². The van der Waals surface area contributed by atoms with Crippen molar-refractivity contribution in [2.24, 2.45) is 4.99 Å². The summed E-state index contributed by atoms with van der Waals surface area (Å²) in [6, 6.07) is 16.9. The molecule has 1 amide bonds. The van der Waals surface area contributed by atoms with Gasteiger partial charge in [-0.3, -0.25) is 14.9 Å². The Labute approximate surface area is 159 Å². The molecule has 1 saturated heterocycles. The zero-order valence-electron chi connectivity index (χ0n) is 15.3. The van der Waals surface area contributed by atoms with Crippen molar-refractivity contribution in [3.8, 4) is 0 Å². The number of rotatable bonds is 3. The highest BCUT2D eigenvalue weighted by molar-refractivity contribution is 6.02. The average molecular weight is 364 g/mol. The van der Waals surface area contributed by atoms with Crippen LogP contribution >= 0.6 is 0 Å². The zero-order valence-corrected chi connectivity index (χ0v) is 15.3. The van der Waals surface area contributed by atoms with Crippen LogP contribution in [0.15, 0.2) is 53.5 Å². The van der Waals surface area contributed by atoms with Crippen molar-refractivity contribution in [2.45, 2.75) is 12.8 Å². The van der Waals surface area contributed by atoms with Crippen LogP contribution in [0.5, 0.6) is 0 Å². The van der Waals surface area contributed by atoms with Crippen molar-refractivity contribution < 1.29 is 10.0 Å². The lowest BCUT2D eigenvalue weighted by Crippen LogP contribution is -2.49. The molecule has 6 heteroatoms. The topological polar surface area (TPSA) is 68.2 Å². The highest BCUT2D eigenvalue weighted by Gasteiger charge is 2.24. The van der Waals surface area contributed by atoms with Crippen molar-refractivity contribution in [3.05, 3.63) is 65.2 Å². The van der Waals surface area contributed by atoms with Crippen molar-refractivity contribution >= 4 is 17.4 Å². The SMILES string of the molecule is O=C(CCN1CCN(C2=Nc3ccccc3Cc3ccccc32)CC1)NO. The van der Waals surface area contributed by atoms with E-state index in [1.807, 2.05) is 6.07 Å². The average Bonchev–Trinajstić information content (AvgIpc) is 2.89. The normalized spacial score (nSPS) is 16.8. The number of amides is 1.